The van der Waals surface area contributed by atoms with Gasteiger partial charge < -0.3 is 4.74 Å². The highest BCUT2D eigenvalue weighted by molar-refractivity contribution is 7.92. The Hall–Kier alpha value is -2.01. The highest BCUT2D eigenvalue weighted by Crippen LogP contribution is 2.29. The SMILES string of the molecule is CC(C)(C)c1ccc(S(=O)(=O)Nc2ccc3c(c2)CCO3)cc1. The van der Waals surface area contributed by atoms with Crippen molar-refractivity contribution in [3.8, 4) is 5.75 Å². The maximum atomic E-state index is 12.5. The number of rotatable bonds is 3. The van der Waals surface area contributed by atoms with Crippen LogP contribution in [-0.4, -0.2) is 15.0 Å². The van der Waals surface area contributed by atoms with E-state index in [0.29, 0.717) is 12.3 Å². The Labute approximate surface area is 137 Å². The van der Waals surface area contributed by atoms with Crippen molar-refractivity contribution in [1.82, 2.24) is 0 Å². The minimum atomic E-state index is -3.58. The molecule has 1 aliphatic rings. The van der Waals surface area contributed by atoms with E-state index >= 15 is 0 Å². The third-order valence-electron chi connectivity index (χ3n) is 3.97. The van der Waals surface area contributed by atoms with Crippen LogP contribution in [0.15, 0.2) is 47.4 Å². The van der Waals surface area contributed by atoms with Crippen molar-refractivity contribution in [3.05, 3.63) is 53.6 Å². The molecule has 0 saturated heterocycles. The lowest BCUT2D eigenvalue weighted by Gasteiger charge is -2.19. The van der Waals surface area contributed by atoms with E-state index in [1.807, 2.05) is 24.3 Å². The Morgan fingerprint density at radius 2 is 1.74 bits per heavy atom. The molecule has 2 aromatic carbocycles. The van der Waals surface area contributed by atoms with E-state index in [4.69, 9.17) is 4.74 Å². The van der Waals surface area contributed by atoms with Crippen LogP contribution in [0.4, 0.5) is 5.69 Å². The summed E-state index contributed by atoms with van der Waals surface area (Å²) in [7, 11) is -3.58. The fourth-order valence-electron chi connectivity index (χ4n) is 2.60. The van der Waals surface area contributed by atoms with E-state index in [2.05, 4.69) is 25.5 Å². The van der Waals surface area contributed by atoms with Gasteiger partial charge in [-0.15, -0.1) is 0 Å². The number of hydrogen-bond donors (Lipinski definition) is 1. The van der Waals surface area contributed by atoms with Gasteiger partial charge in [-0.2, -0.15) is 0 Å². The topological polar surface area (TPSA) is 55.4 Å². The molecule has 2 aromatic rings. The Balaban J connectivity index is 1.84. The molecule has 0 saturated carbocycles. The number of anilines is 1. The van der Waals surface area contributed by atoms with Crippen LogP contribution in [0.1, 0.15) is 31.9 Å². The molecule has 23 heavy (non-hydrogen) atoms. The van der Waals surface area contributed by atoms with Crippen LogP contribution in [0.25, 0.3) is 0 Å². The molecular formula is C18H21NO3S. The van der Waals surface area contributed by atoms with Crippen LogP contribution in [0.3, 0.4) is 0 Å². The molecule has 122 valence electrons. The maximum Gasteiger partial charge on any atom is 0.261 e. The summed E-state index contributed by atoms with van der Waals surface area (Å²) in [6.07, 6.45) is 0.811. The van der Waals surface area contributed by atoms with Crippen LogP contribution < -0.4 is 9.46 Å². The van der Waals surface area contributed by atoms with Gasteiger partial charge in [-0.25, -0.2) is 8.42 Å². The van der Waals surface area contributed by atoms with Crippen molar-refractivity contribution in [3.63, 3.8) is 0 Å². The molecule has 1 aliphatic heterocycles. The Kier molecular flexibility index (Phi) is 3.84. The minimum Gasteiger partial charge on any atom is -0.493 e. The van der Waals surface area contributed by atoms with Gasteiger partial charge in [0.05, 0.1) is 11.5 Å². The lowest BCUT2D eigenvalue weighted by molar-refractivity contribution is 0.357. The van der Waals surface area contributed by atoms with E-state index in [1.54, 1.807) is 18.2 Å². The Bertz CT molecular complexity index is 818. The first-order chi connectivity index (χ1) is 10.8. The van der Waals surface area contributed by atoms with Gasteiger partial charge >= 0.3 is 0 Å². The molecule has 0 spiro atoms. The lowest BCUT2D eigenvalue weighted by atomic mass is 9.87. The first-order valence-corrected chi connectivity index (χ1v) is 9.13. The second kappa shape index (κ2) is 5.57. The van der Waals surface area contributed by atoms with E-state index in [9.17, 15) is 8.42 Å². The molecule has 0 fully saturated rings. The van der Waals surface area contributed by atoms with Gasteiger partial charge in [0.2, 0.25) is 0 Å². The first-order valence-electron chi connectivity index (χ1n) is 7.65. The third-order valence-corrected chi connectivity index (χ3v) is 5.37. The summed E-state index contributed by atoms with van der Waals surface area (Å²) in [5.41, 5.74) is 2.70. The summed E-state index contributed by atoms with van der Waals surface area (Å²) in [6, 6.07) is 12.4. The summed E-state index contributed by atoms with van der Waals surface area (Å²) in [5.74, 6) is 0.836. The van der Waals surface area contributed by atoms with Crippen molar-refractivity contribution in [2.24, 2.45) is 0 Å². The minimum absolute atomic E-state index is 0.00426. The zero-order valence-corrected chi connectivity index (χ0v) is 14.4. The van der Waals surface area contributed by atoms with Crippen molar-refractivity contribution >= 4 is 15.7 Å². The average Bonchev–Trinajstić information content (AvgIpc) is 2.93. The summed E-state index contributed by atoms with van der Waals surface area (Å²) >= 11 is 0. The normalized spacial score (nSPS) is 14.2. The summed E-state index contributed by atoms with van der Waals surface area (Å²) in [4.78, 5) is 0.266. The zero-order valence-electron chi connectivity index (χ0n) is 13.6. The molecule has 1 N–H and O–H groups in total. The molecule has 0 amide bonds. The number of benzene rings is 2. The van der Waals surface area contributed by atoms with Crippen LogP contribution in [0, 0.1) is 0 Å². The summed E-state index contributed by atoms with van der Waals surface area (Å²) in [6.45, 7) is 6.95. The van der Waals surface area contributed by atoms with Gasteiger partial charge in [0, 0.05) is 12.1 Å². The van der Waals surface area contributed by atoms with Crippen molar-refractivity contribution < 1.29 is 13.2 Å². The van der Waals surface area contributed by atoms with Crippen molar-refractivity contribution in [2.45, 2.75) is 37.5 Å². The van der Waals surface area contributed by atoms with Crippen LogP contribution in [0.5, 0.6) is 5.75 Å². The molecule has 0 atom stereocenters. The first kappa shape index (κ1) is 15.9. The smallest absolute Gasteiger partial charge is 0.261 e. The third kappa shape index (κ3) is 3.34. The fraction of sp³-hybridized carbons (Fsp3) is 0.333. The highest BCUT2D eigenvalue weighted by atomic mass is 32.2. The number of sulfonamides is 1. The molecular weight excluding hydrogens is 310 g/mol. The quantitative estimate of drug-likeness (QED) is 0.932. The number of hydrogen-bond acceptors (Lipinski definition) is 3. The number of nitrogens with one attached hydrogen (secondary N) is 1. The Morgan fingerprint density at radius 1 is 1.04 bits per heavy atom. The van der Waals surface area contributed by atoms with Crippen LogP contribution in [0.2, 0.25) is 0 Å². The molecule has 0 bridgehead atoms. The summed E-state index contributed by atoms with van der Waals surface area (Å²) in [5, 5.41) is 0. The van der Waals surface area contributed by atoms with Gasteiger partial charge in [0.15, 0.2) is 0 Å². The van der Waals surface area contributed by atoms with Crippen LogP contribution in [-0.2, 0) is 21.9 Å². The average molecular weight is 331 g/mol. The Morgan fingerprint density at radius 3 is 2.39 bits per heavy atom. The summed E-state index contributed by atoms with van der Waals surface area (Å²) < 4.78 is 33.1. The lowest BCUT2D eigenvalue weighted by Crippen LogP contribution is -2.15. The molecule has 5 heteroatoms. The van der Waals surface area contributed by atoms with E-state index in [1.165, 1.54) is 0 Å². The van der Waals surface area contributed by atoms with Gasteiger partial charge in [-0.05, 0) is 46.9 Å². The molecule has 3 rings (SSSR count). The predicted molar refractivity (Wildman–Crippen MR) is 91.6 cm³/mol. The van der Waals surface area contributed by atoms with Crippen molar-refractivity contribution in [2.75, 3.05) is 11.3 Å². The second-order valence-corrected chi connectivity index (χ2v) is 8.48. The molecule has 0 radical (unpaired) electrons. The van der Waals surface area contributed by atoms with Gasteiger partial charge in [0.1, 0.15) is 5.75 Å². The highest BCUT2D eigenvalue weighted by Gasteiger charge is 2.19. The molecule has 4 nitrogen and oxygen atoms in total. The van der Waals surface area contributed by atoms with Crippen molar-refractivity contribution in [1.29, 1.82) is 0 Å². The predicted octanol–water partition coefficient (Wildman–Crippen LogP) is 3.72. The van der Waals surface area contributed by atoms with Gasteiger partial charge in [-0.3, -0.25) is 4.72 Å². The number of fused-ring (bicyclic) bond motifs is 1. The maximum absolute atomic E-state index is 12.5. The van der Waals surface area contributed by atoms with E-state index in [-0.39, 0.29) is 10.3 Å². The van der Waals surface area contributed by atoms with Gasteiger partial charge in [-0.1, -0.05) is 32.9 Å². The largest absolute Gasteiger partial charge is 0.493 e. The standard InChI is InChI=1S/C18H21NO3S/c1-18(2,3)14-4-7-16(8-5-14)23(20,21)19-15-6-9-17-13(12-15)10-11-22-17/h4-9,12,19H,10-11H2,1-3H3. The molecule has 1 heterocycles. The van der Waals surface area contributed by atoms with Crippen LogP contribution >= 0.6 is 0 Å². The monoisotopic (exact) mass is 331 g/mol. The van der Waals surface area contributed by atoms with E-state index in [0.717, 1.165) is 23.3 Å². The molecule has 0 aromatic heterocycles. The molecule has 0 aliphatic carbocycles. The fourth-order valence-corrected chi connectivity index (χ4v) is 3.65. The molecule has 0 unspecified atom stereocenters. The van der Waals surface area contributed by atoms with Gasteiger partial charge in [0.25, 0.3) is 10.0 Å². The van der Waals surface area contributed by atoms with E-state index < -0.39 is 10.0 Å². The number of ether oxygens (including phenoxy) is 1. The second-order valence-electron chi connectivity index (χ2n) is 6.80. The zero-order chi connectivity index (χ0) is 16.7.